The van der Waals surface area contributed by atoms with E-state index in [1.807, 2.05) is 42.5 Å². The highest BCUT2D eigenvalue weighted by Crippen LogP contribution is 2.25. The molecule has 1 aliphatic rings. The zero-order valence-corrected chi connectivity index (χ0v) is 12.0. The van der Waals surface area contributed by atoms with Gasteiger partial charge in [-0.3, -0.25) is 0 Å². The van der Waals surface area contributed by atoms with Crippen LogP contribution in [0.5, 0.6) is 5.75 Å². The topological polar surface area (TPSA) is 9.23 Å². The summed E-state index contributed by atoms with van der Waals surface area (Å²) in [4.78, 5) is 0. The van der Waals surface area contributed by atoms with Crippen molar-refractivity contribution >= 4 is 16.8 Å². The Labute approximate surface area is 129 Å². The lowest BCUT2D eigenvalue weighted by Crippen LogP contribution is -2.14. The Kier molecular flexibility index (Phi) is 3.14. The first-order valence-electron chi connectivity index (χ1n) is 7.33. The molecular formula is C21H14O. The van der Waals surface area contributed by atoms with Crippen molar-refractivity contribution in [2.75, 3.05) is 0 Å². The van der Waals surface area contributed by atoms with Crippen LogP contribution < -0.4 is 4.74 Å². The third-order valence-corrected chi connectivity index (χ3v) is 3.73. The van der Waals surface area contributed by atoms with Gasteiger partial charge in [0.15, 0.2) is 6.10 Å². The summed E-state index contributed by atoms with van der Waals surface area (Å²) in [5.74, 6) is 7.29. The SMILES string of the molecule is C(#CC1C=Cc2ccccc2O1)c1ccc2ccccc2c1. The Morgan fingerprint density at radius 3 is 2.59 bits per heavy atom. The highest BCUT2D eigenvalue weighted by atomic mass is 16.5. The van der Waals surface area contributed by atoms with E-state index < -0.39 is 0 Å². The average molecular weight is 282 g/mol. The van der Waals surface area contributed by atoms with E-state index in [1.165, 1.54) is 10.8 Å². The molecule has 0 fully saturated rings. The van der Waals surface area contributed by atoms with Gasteiger partial charge in [-0.2, -0.15) is 0 Å². The van der Waals surface area contributed by atoms with Gasteiger partial charge in [-0.05, 0) is 41.0 Å². The van der Waals surface area contributed by atoms with Crippen molar-refractivity contribution in [3.63, 3.8) is 0 Å². The molecule has 0 radical (unpaired) electrons. The van der Waals surface area contributed by atoms with Crippen molar-refractivity contribution in [1.82, 2.24) is 0 Å². The summed E-state index contributed by atoms with van der Waals surface area (Å²) in [5.41, 5.74) is 2.11. The second-order valence-electron chi connectivity index (χ2n) is 5.27. The number of ether oxygens (including phenoxy) is 1. The van der Waals surface area contributed by atoms with Gasteiger partial charge in [-0.25, -0.2) is 0 Å². The van der Waals surface area contributed by atoms with Crippen molar-refractivity contribution in [2.24, 2.45) is 0 Å². The van der Waals surface area contributed by atoms with E-state index in [9.17, 15) is 0 Å². The molecule has 0 spiro atoms. The monoisotopic (exact) mass is 282 g/mol. The zero-order chi connectivity index (χ0) is 14.8. The van der Waals surface area contributed by atoms with Gasteiger partial charge in [-0.1, -0.05) is 60.5 Å². The van der Waals surface area contributed by atoms with E-state index >= 15 is 0 Å². The summed E-state index contributed by atoms with van der Waals surface area (Å²) in [5, 5.41) is 2.44. The molecule has 1 heterocycles. The molecular weight excluding hydrogens is 268 g/mol. The molecule has 1 aliphatic heterocycles. The summed E-state index contributed by atoms with van der Waals surface area (Å²) < 4.78 is 5.88. The number of hydrogen-bond donors (Lipinski definition) is 0. The van der Waals surface area contributed by atoms with Crippen LogP contribution in [0.25, 0.3) is 16.8 Å². The van der Waals surface area contributed by atoms with Crippen LogP contribution in [0.2, 0.25) is 0 Å². The number of hydrogen-bond acceptors (Lipinski definition) is 1. The van der Waals surface area contributed by atoms with E-state index in [4.69, 9.17) is 4.74 Å². The van der Waals surface area contributed by atoms with Gasteiger partial charge in [0.2, 0.25) is 0 Å². The third kappa shape index (κ3) is 2.47. The first-order chi connectivity index (χ1) is 10.9. The molecule has 0 amide bonds. The molecule has 1 nitrogen and oxygen atoms in total. The smallest absolute Gasteiger partial charge is 0.178 e. The fraction of sp³-hybridized carbons (Fsp3) is 0.0476. The molecule has 3 aromatic rings. The number of benzene rings is 3. The second-order valence-corrected chi connectivity index (χ2v) is 5.27. The van der Waals surface area contributed by atoms with Gasteiger partial charge in [0.05, 0.1) is 0 Å². The third-order valence-electron chi connectivity index (χ3n) is 3.73. The molecule has 0 aliphatic carbocycles. The van der Waals surface area contributed by atoms with E-state index in [2.05, 4.69) is 48.2 Å². The standard InChI is InChI=1S/C21H14O/c1-2-7-19-15-16(9-11-17(19)5-1)10-13-20-14-12-18-6-3-4-8-21(18)22-20/h1-9,11-12,14-15,20H. The van der Waals surface area contributed by atoms with Crippen LogP contribution in [0.4, 0.5) is 0 Å². The first kappa shape index (κ1) is 12.7. The Bertz CT molecular complexity index is 925. The van der Waals surface area contributed by atoms with Crippen LogP contribution in [-0.2, 0) is 0 Å². The van der Waals surface area contributed by atoms with Crippen LogP contribution in [-0.4, -0.2) is 6.10 Å². The van der Waals surface area contributed by atoms with E-state index in [1.54, 1.807) is 0 Å². The molecule has 1 atom stereocenters. The fourth-order valence-electron chi connectivity index (χ4n) is 2.59. The molecule has 0 aromatic heterocycles. The minimum absolute atomic E-state index is 0.193. The minimum Gasteiger partial charge on any atom is -0.473 e. The quantitative estimate of drug-likeness (QED) is 0.545. The first-order valence-corrected chi connectivity index (χ1v) is 7.33. The predicted octanol–water partition coefficient (Wildman–Crippen LogP) is 4.67. The van der Waals surface area contributed by atoms with Crippen LogP contribution >= 0.6 is 0 Å². The fourth-order valence-corrected chi connectivity index (χ4v) is 2.59. The highest BCUT2D eigenvalue weighted by molar-refractivity contribution is 5.83. The van der Waals surface area contributed by atoms with Crippen molar-refractivity contribution in [3.8, 4) is 17.6 Å². The van der Waals surface area contributed by atoms with Gasteiger partial charge < -0.3 is 4.74 Å². The maximum atomic E-state index is 5.88. The minimum atomic E-state index is -0.193. The Hall–Kier alpha value is -2.98. The summed E-state index contributed by atoms with van der Waals surface area (Å²) in [7, 11) is 0. The van der Waals surface area contributed by atoms with Crippen LogP contribution in [0.15, 0.2) is 72.8 Å². The lowest BCUT2D eigenvalue weighted by molar-refractivity contribution is 0.301. The molecule has 22 heavy (non-hydrogen) atoms. The lowest BCUT2D eigenvalue weighted by atomic mass is 10.1. The second kappa shape index (κ2) is 5.42. The van der Waals surface area contributed by atoms with Crippen LogP contribution in [0.3, 0.4) is 0 Å². The van der Waals surface area contributed by atoms with Crippen molar-refractivity contribution < 1.29 is 4.74 Å². The van der Waals surface area contributed by atoms with Crippen LogP contribution in [0.1, 0.15) is 11.1 Å². The van der Waals surface area contributed by atoms with E-state index in [0.717, 1.165) is 16.9 Å². The molecule has 0 saturated heterocycles. The highest BCUT2D eigenvalue weighted by Gasteiger charge is 2.11. The normalized spacial score (nSPS) is 15.5. The van der Waals surface area contributed by atoms with Crippen molar-refractivity contribution in [1.29, 1.82) is 0 Å². The molecule has 104 valence electrons. The molecule has 4 rings (SSSR count). The molecule has 1 heteroatoms. The van der Waals surface area contributed by atoms with Crippen molar-refractivity contribution in [3.05, 3.63) is 83.9 Å². The molecule has 0 saturated carbocycles. The molecule has 1 unspecified atom stereocenters. The van der Waals surface area contributed by atoms with Gasteiger partial charge in [0.25, 0.3) is 0 Å². The van der Waals surface area contributed by atoms with E-state index in [-0.39, 0.29) is 6.10 Å². The van der Waals surface area contributed by atoms with Crippen molar-refractivity contribution in [2.45, 2.75) is 6.10 Å². The zero-order valence-electron chi connectivity index (χ0n) is 12.0. The van der Waals surface area contributed by atoms with Gasteiger partial charge in [-0.15, -0.1) is 0 Å². The largest absolute Gasteiger partial charge is 0.473 e. The molecule has 0 bridgehead atoms. The summed E-state index contributed by atoms with van der Waals surface area (Å²) in [6, 6.07) is 22.6. The van der Waals surface area contributed by atoms with E-state index in [0.29, 0.717) is 0 Å². The Morgan fingerprint density at radius 2 is 1.64 bits per heavy atom. The molecule has 3 aromatic carbocycles. The Balaban J connectivity index is 1.60. The Morgan fingerprint density at radius 1 is 0.818 bits per heavy atom. The predicted molar refractivity (Wildman–Crippen MR) is 90.7 cm³/mol. The number of fused-ring (bicyclic) bond motifs is 2. The average Bonchev–Trinajstić information content (AvgIpc) is 2.59. The summed E-state index contributed by atoms with van der Waals surface area (Å²) in [6.07, 6.45) is 3.87. The maximum Gasteiger partial charge on any atom is 0.178 e. The van der Waals surface area contributed by atoms with Crippen LogP contribution in [0, 0.1) is 11.8 Å². The summed E-state index contributed by atoms with van der Waals surface area (Å²) >= 11 is 0. The van der Waals surface area contributed by atoms with Gasteiger partial charge in [0.1, 0.15) is 5.75 Å². The number of rotatable bonds is 0. The lowest BCUT2D eigenvalue weighted by Gasteiger charge is -2.16. The summed E-state index contributed by atoms with van der Waals surface area (Å²) in [6.45, 7) is 0. The van der Waals surface area contributed by atoms with Gasteiger partial charge in [0, 0.05) is 11.1 Å². The number of para-hydroxylation sites is 1. The maximum absolute atomic E-state index is 5.88. The molecule has 0 N–H and O–H groups in total. The van der Waals surface area contributed by atoms with Gasteiger partial charge >= 0.3 is 0 Å².